The van der Waals surface area contributed by atoms with Crippen LogP contribution in [-0.4, -0.2) is 35.0 Å². The van der Waals surface area contributed by atoms with Crippen molar-refractivity contribution >= 4 is 5.69 Å². The minimum absolute atomic E-state index is 0.177. The fraction of sp³-hybridized carbons (Fsp3) is 0.600. The quantitative estimate of drug-likeness (QED) is 0.684. The third-order valence-electron chi connectivity index (χ3n) is 4.66. The second-order valence-corrected chi connectivity index (χ2v) is 6.25. The monoisotopic (exact) mass is 293 g/mol. The maximum atomic E-state index is 13.5. The number of fused-ring (bicyclic) bond motifs is 2. The second kappa shape index (κ2) is 5.69. The van der Waals surface area contributed by atoms with Crippen LogP contribution in [0, 0.1) is 15.9 Å². The molecule has 5 nitrogen and oxygen atoms in total. The molecule has 2 fully saturated rings. The molecule has 3 rings (SSSR count). The molecule has 0 spiro atoms. The van der Waals surface area contributed by atoms with Crippen molar-refractivity contribution in [2.45, 2.75) is 50.4 Å². The summed E-state index contributed by atoms with van der Waals surface area (Å²) in [6, 6.07) is 5.48. The summed E-state index contributed by atoms with van der Waals surface area (Å²) in [7, 11) is 2.02. The number of hydrogen-bond donors (Lipinski definition) is 1. The maximum absolute atomic E-state index is 13.5. The van der Waals surface area contributed by atoms with Crippen molar-refractivity contribution in [1.29, 1.82) is 0 Å². The smallest absolute Gasteiger partial charge is 0.272 e. The molecule has 2 heterocycles. The van der Waals surface area contributed by atoms with Crippen molar-refractivity contribution in [1.82, 2.24) is 10.2 Å². The van der Waals surface area contributed by atoms with E-state index in [0.717, 1.165) is 18.9 Å². The predicted molar refractivity (Wildman–Crippen MR) is 77.5 cm³/mol. The molecular formula is C15H20FN3O2. The lowest BCUT2D eigenvalue weighted by atomic mass is 9.98. The van der Waals surface area contributed by atoms with Gasteiger partial charge in [0.15, 0.2) is 0 Å². The first-order chi connectivity index (χ1) is 10.0. The lowest BCUT2D eigenvalue weighted by molar-refractivity contribution is -0.385. The van der Waals surface area contributed by atoms with Gasteiger partial charge in [-0.15, -0.1) is 0 Å². The SMILES string of the molecule is CN(Cc1cc(F)cc([N+](=O)[O-])c1)C1CC2CCC(C1)N2. The number of non-ortho nitro benzene ring substituents is 1. The normalized spacial score (nSPS) is 28.0. The summed E-state index contributed by atoms with van der Waals surface area (Å²) in [5.74, 6) is -0.544. The summed E-state index contributed by atoms with van der Waals surface area (Å²) in [5.41, 5.74) is 0.485. The van der Waals surface area contributed by atoms with E-state index in [1.807, 2.05) is 7.05 Å². The van der Waals surface area contributed by atoms with Gasteiger partial charge in [-0.3, -0.25) is 15.0 Å². The van der Waals surface area contributed by atoms with Gasteiger partial charge in [-0.05, 0) is 44.4 Å². The Hall–Kier alpha value is -1.53. The number of nitro groups is 1. The highest BCUT2D eigenvalue weighted by Crippen LogP contribution is 2.30. The number of rotatable bonds is 4. The van der Waals surface area contributed by atoms with Crippen LogP contribution in [0.3, 0.4) is 0 Å². The maximum Gasteiger partial charge on any atom is 0.272 e. The van der Waals surface area contributed by atoms with E-state index in [9.17, 15) is 14.5 Å². The van der Waals surface area contributed by atoms with Gasteiger partial charge in [-0.2, -0.15) is 0 Å². The molecule has 2 unspecified atom stereocenters. The van der Waals surface area contributed by atoms with Gasteiger partial charge < -0.3 is 5.32 Å². The molecule has 1 aromatic carbocycles. The van der Waals surface area contributed by atoms with Crippen molar-refractivity contribution in [3.63, 3.8) is 0 Å². The second-order valence-electron chi connectivity index (χ2n) is 6.25. The van der Waals surface area contributed by atoms with E-state index >= 15 is 0 Å². The average Bonchev–Trinajstić information content (AvgIpc) is 2.76. The fourth-order valence-corrected chi connectivity index (χ4v) is 3.63. The van der Waals surface area contributed by atoms with Crippen molar-refractivity contribution in [3.8, 4) is 0 Å². The van der Waals surface area contributed by atoms with Crippen LogP contribution in [0.25, 0.3) is 0 Å². The highest BCUT2D eigenvalue weighted by Gasteiger charge is 2.35. The van der Waals surface area contributed by atoms with Gasteiger partial charge in [0.2, 0.25) is 0 Å². The van der Waals surface area contributed by atoms with E-state index < -0.39 is 10.7 Å². The molecule has 1 aromatic rings. The van der Waals surface area contributed by atoms with Gasteiger partial charge in [-0.25, -0.2) is 4.39 Å². The van der Waals surface area contributed by atoms with Gasteiger partial charge in [0.1, 0.15) is 5.82 Å². The average molecular weight is 293 g/mol. The fourth-order valence-electron chi connectivity index (χ4n) is 3.63. The van der Waals surface area contributed by atoms with Gasteiger partial charge >= 0.3 is 0 Å². The molecule has 2 saturated heterocycles. The molecule has 6 heteroatoms. The Balaban J connectivity index is 1.69. The first-order valence-corrected chi connectivity index (χ1v) is 7.41. The Morgan fingerprint density at radius 3 is 2.62 bits per heavy atom. The first kappa shape index (κ1) is 14.4. The van der Waals surface area contributed by atoms with Crippen LogP contribution in [0.5, 0.6) is 0 Å². The number of hydrogen-bond acceptors (Lipinski definition) is 4. The Labute approximate surface area is 123 Å². The molecule has 2 atom stereocenters. The van der Waals surface area contributed by atoms with Crippen LogP contribution in [0.1, 0.15) is 31.2 Å². The van der Waals surface area contributed by atoms with Gasteiger partial charge in [0, 0.05) is 30.7 Å². The molecule has 1 N–H and O–H groups in total. The summed E-state index contributed by atoms with van der Waals surface area (Å²) < 4.78 is 13.5. The summed E-state index contributed by atoms with van der Waals surface area (Å²) in [6.07, 6.45) is 4.68. The topological polar surface area (TPSA) is 58.4 Å². The largest absolute Gasteiger partial charge is 0.311 e. The molecule has 0 aromatic heterocycles. The number of benzene rings is 1. The number of piperidine rings is 1. The molecule has 114 valence electrons. The lowest BCUT2D eigenvalue weighted by Gasteiger charge is -2.35. The zero-order valence-corrected chi connectivity index (χ0v) is 12.1. The molecule has 2 bridgehead atoms. The van der Waals surface area contributed by atoms with Gasteiger partial charge in [0.25, 0.3) is 5.69 Å². The molecular weight excluding hydrogens is 273 g/mol. The van der Waals surface area contributed by atoms with Gasteiger partial charge in [-0.1, -0.05) is 0 Å². The molecule has 21 heavy (non-hydrogen) atoms. The minimum Gasteiger partial charge on any atom is -0.311 e. The first-order valence-electron chi connectivity index (χ1n) is 7.41. The number of halogens is 1. The van der Waals surface area contributed by atoms with E-state index in [4.69, 9.17) is 0 Å². The standard InChI is InChI=1S/C15H20FN3O2/c1-18(14-7-12-2-3-13(8-14)17-12)9-10-4-11(16)6-15(5-10)19(20)21/h4-6,12-14,17H,2-3,7-9H2,1H3. The highest BCUT2D eigenvalue weighted by molar-refractivity contribution is 5.35. The van der Waals surface area contributed by atoms with E-state index in [1.54, 1.807) is 0 Å². The third-order valence-corrected chi connectivity index (χ3v) is 4.66. The van der Waals surface area contributed by atoms with Crippen molar-refractivity contribution in [3.05, 3.63) is 39.7 Å². The minimum atomic E-state index is -0.544. The summed E-state index contributed by atoms with van der Waals surface area (Å²) >= 11 is 0. The third kappa shape index (κ3) is 3.22. The zero-order valence-electron chi connectivity index (χ0n) is 12.1. The molecule has 2 aliphatic heterocycles. The Bertz CT molecular complexity index is 540. The van der Waals surface area contributed by atoms with Crippen LogP contribution in [0.2, 0.25) is 0 Å². The van der Waals surface area contributed by atoms with E-state index in [0.29, 0.717) is 30.2 Å². The lowest BCUT2D eigenvalue weighted by Crippen LogP contribution is -2.46. The summed E-state index contributed by atoms with van der Waals surface area (Å²) in [5, 5.41) is 14.4. The van der Waals surface area contributed by atoms with Gasteiger partial charge in [0.05, 0.1) is 11.0 Å². The van der Waals surface area contributed by atoms with E-state index in [2.05, 4.69) is 10.2 Å². The molecule has 0 amide bonds. The Kier molecular flexibility index (Phi) is 3.91. The summed E-state index contributed by atoms with van der Waals surface area (Å²) in [4.78, 5) is 12.5. The zero-order chi connectivity index (χ0) is 15.0. The number of nitro benzene ring substituents is 1. The van der Waals surface area contributed by atoms with Crippen molar-refractivity contribution in [2.24, 2.45) is 0 Å². The number of nitrogens with zero attached hydrogens (tertiary/aromatic N) is 2. The molecule has 0 aliphatic carbocycles. The van der Waals surface area contributed by atoms with Crippen LogP contribution in [0.4, 0.5) is 10.1 Å². The molecule has 2 aliphatic rings. The Morgan fingerprint density at radius 2 is 2.00 bits per heavy atom. The van der Waals surface area contributed by atoms with E-state index in [-0.39, 0.29) is 5.69 Å². The van der Waals surface area contributed by atoms with Crippen LogP contribution in [0.15, 0.2) is 18.2 Å². The van der Waals surface area contributed by atoms with Crippen LogP contribution < -0.4 is 5.32 Å². The molecule has 0 radical (unpaired) electrons. The molecule has 0 saturated carbocycles. The van der Waals surface area contributed by atoms with Crippen molar-refractivity contribution < 1.29 is 9.31 Å². The Morgan fingerprint density at radius 1 is 1.33 bits per heavy atom. The summed E-state index contributed by atoms with van der Waals surface area (Å²) in [6.45, 7) is 0.544. The highest BCUT2D eigenvalue weighted by atomic mass is 19.1. The van der Waals surface area contributed by atoms with E-state index in [1.165, 1.54) is 25.0 Å². The van der Waals surface area contributed by atoms with Crippen LogP contribution >= 0.6 is 0 Å². The van der Waals surface area contributed by atoms with Crippen molar-refractivity contribution in [2.75, 3.05) is 7.05 Å². The predicted octanol–water partition coefficient (Wildman–Crippen LogP) is 2.45. The number of nitrogens with one attached hydrogen (secondary N) is 1. The van der Waals surface area contributed by atoms with Crippen LogP contribution in [-0.2, 0) is 6.54 Å².